The van der Waals surface area contributed by atoms with Crippen LogP contribution in [0.25, 0.3) is 0 Å². The van der Waals surface area contributed by atoms with Gasteiger partial charge in [-0.25, -0.2) is 9.59 Å². The number of hydrogen-bond acceptors (Lipinski definition) is 7. The Kier molecular flexibility index (Phi) is 11.1. The number of aliphatic hydroxyl groups excluding tert-OH is 1. The van der Waals surface area contributed by atoms with Gasteiger partial charge in [0.1, 0.15) is 12.6 Å². The summed E-state index contributed by atoms with van der Waals surface area (Å²) in [5.74, 6) is -1.32. The molecule has 2 amide bonds. The Morgan fingerprint density at radius 1 is 1.11 bits per heavy atom. The van der Waals surface area contributed by atoms with Gasteiger partial charge in [0.25, 0.3) is 5.91 Å². The molecular formula is C26H34N2O6S. The number of thiocarbonyl (C=S) groups is 1. The smallest absolute Gasteiger partial charge is 0.407 e. The summed E-state index contributed by atoms with van der Waals surface area (Å²) in [6.45, 7) is 5.79. The topological polar surface area (TPSA) is 114 Å². The molecule has 0 saturated carbocycles. The number of carbonyl (C=O) groups is 3. The van der Waals surface area contributed by atoms with E-state index in [0.717, 1.165) is 16.7 Å². The molecule has 0 aliphatic heterocycles. The number of hydrogen-bond donors (Lipinski definition) is 3. The number of rotatable bonds is 11. The highest BCUT2D eigenvalue weighted by molar-refractivity contribution is 7.80. The highest BCUT2D eigenvalue weighted by atomic mass is 32.1. The van der Waals surface area contributed by atoms with Crippen molar-refractivity contribution in [1.29, 1.82) is 0 Å². The van der Waals surface area contributed by atoms with E-state index < -0.39 is 36.2 Å². The summed E-state index contributed by atoms with van der Waals surface area (Å²) in [5, 5.41) is 16.0. The maximum atomic E-state index is 12.9. The summed E-state index contributed by atoms with van der Waals surface area (Å²) in [6, 6.07) is 7.18. The first-order valence-corrected chi connectivity index (χ1v) is 11.9. The van der Waals surface area contributed by atoms with E-state index in [2.05, 4.69) is 10.6 Å². The maximum Gasteiger partial charge on any atom is 0.407 e. The van der Waals surface area contributed by atoms with Crippen LogP contribution in [-0.4, -0.2) is 53.2 Å². The minimum atomic E-state index is -1.66. The monoisotopic (exact) mass is 502 g/mol. The Hall–Kier alpha value is -3.04. The molecule has 9 heteroatoms. The quantitative estimate of drug-likeness (QED) is 0.314. The van der Waals surface area contributed by atoms with Crippen molar-refractivity contribution in [2.45, 2.75) is 64.8 Å². The molecule has 8 nitrogen and oxygen atoms in total. The molecule has 0 bridgehead atoms. The lowest BCUT2D eigenvalue weighted by atomic mass is 9.92. The number of carbonyl (C=O) groups excluding carboxylic acids is 3. The Labute approximate surface area is 211 Å². The molecule has 0 heterocycles. The minimum Gasteiger partial charge on any atom is -0.467 e. The van der Waals surface area contributed by atoms with Gasteiger partial charge in [0, 0.05) is 11.3 Å². The van der Waals surface area contributed by atoms with E-state index in [-0.39, 0.29) is 18.9 Å². The van der Waals surface area contributed by atoms with E-state index in [4.69, 9.17) is 21.7 Å². The number of esters is 1. The third-order valence-corrected chi connectivity index (χ3v) is 5.89. The molecule has 0 aromatic heterocycles. The minimum absolute atomic E-state index is 0.0313. The second-order valence-corrected chi connectivity index (χ2v) is 9.47. The van der Waals surface area contributed by atoms with Crippen LogP contribution in [0.1, 0.15) is 45.6 Å². The number of aliphatic hydroxyl groups is 1. The Bertz CT molecular complexity index is 973. The standard InChI is InChI=1S/C26H34N2O6S/c1-16(2)12-21(25(31)33-4)27-24(30)23(29)20(14-19-11-10-17(3)13-22(19)35)28-26(32)34-15-18-8-6-5-7-9-18/h5-11,16,20-21,23,29H,12-15H2,1-4H3,(H,27,30)(H,28,32)/t20-,21+,23-/m1/s1. The van der Waals surface area contributed by atoms with Crippen LogP contribution >= 0.6 is 12.2 Å². The number of methoxy groups -OCH3 is 1. The molecule has 0 fully saturated rings. The van der Waals surface area contributed by atoms with Gasteiger partial charge in [0.2, 0.25) is 0 Å². The van der Waals surface area contributed by atoms with Gasteiger partial charge in [0.15, 0.2) is 6.10 Å². The number of alkyl carbamates (subject to hydrolysis) is 1. The van der Waals surface area contributed by atoms with Crippen LogP contribution in [0.3, 0.4) is 0 Å². The van der Waals surface area contributed by atoms with Crippen molar-refractivity contribution in [1.82, 2.24) is 10.6 Å². The van der Waals surface area contributed by atoms with Crippen molar-refractivity contribution in [3.05, 3.63) is 59.2 Å². The molecule has 1 aliphatic rings. The van der Waals surface area contributed by atoms with E-state index in [1.807, 2.05) is 63.3 Å². The summed E-state index contributed by atoms with van der Waals surface area (Å²) < 4.78 is 10.1. The molecule has 3 atom stereocenters. The Morgan fingerprint density at radius 3 is 2.40 bits per heavy atom. The Balaban J connectivity index is 2.16. The highest BCUT2D eigenvalue weighted by Crippen LogP contribution is 2.21. The van der Waals surface area contributed by atoms with Crippen LogP contribution in [-0.2, 0) is 25.7 Å². The molecule has 0 radical (unpaired) electrons. The molecule has 0 spiro atoms. The first-order chi connectivity index (χ1) is 16.6. The van der Waals surface area contributed by atoms with Gasteiger partial charge < -0.3 is 25.2 Å². The van der Waals surface area contributed by atoms with Crippen molar-refractivity contribution in [2.75, 3.05) is 7.11 Å². The highest BCUT2D eigenvalue weighted by Gasteiger charge is 2.33. The predicted molar refractivity (Wildman–Crippen MR) is 137 cm³/mol. The van der Waals surface area contributed by atoms with E-state index in [1.165, 1.54) is 7.11 Å². The molecule has 0 saturated heterocycles. The zero-order valence-electron chi connectivity index (χ0n) is 20.6. The van der Waals surface area contributed by atoms with Crippen LogP contribution in [0.15, 0.2) is 53.6 Å². The Morgan fingerprint density at radius 2 is 1.80 bits per heavy atom. The SMILES string of the molecule is COC(=O)[C@H](CC(C)C)NC(=O)[C@H](O)[C@@H](CC1=CC=C(C)CC1=S)NC(=O)OCc1ccccc1. The largest absolute Gasteiger partial charge is 0.467 e. The van der Waals surface area contributed by atoms with Gasteiger partial charge in [0.05, 0.1) is 13.2 Å². The fraction of sp³-hybridized carbons (Fsp3) is 0.462. The molecule has 0 unspecified atom stereocenters. The zero-order chi connectivity index (χ0) is 26.0. The zero-order valence-corrected chi connectivity index (χ0v) is 21.4. The summed E-state index contributed by atoms with van der Waals surface area (Å²) in [5.41, 5.74) is 2.62. The van der Waals surface area contributed by atoms with Gasteiger partial charge in [-0.1, -0.05) is 74.1 Å². The van der Waals surface area contributed by atoms with Crippen molar-refractivity contribution >= 4 is 35.1 Å². The van der Waals surface area contributed by atoms with E-state index >= 15 is 0 Å². The lowest BCUT2D eigenvalue weighted by molar-refractivity contribution is -0.147. The number of benzene rings is 1. The number of nitrogens with one attached hydrogen (secondary N) is 2. The third kappa shape index (κ3) is 9.26. The second kappa shape index (κ2) is 13.7. The van der Waals surface area contributed by atoms with Crippen LogP contribution in [0.2, 0.25) is 0 Å². The van der Waals surface area contributed by atoms with Crippen LogP contribution in [0.5, 0.6) is 0 Å². The van der Waals surface area contributed by atoms with E-state index in [1.54, 1.807) is 0 Å². The molecule has 1 aliphatic carbocycles. The molecule has 190 valence electrons. The molecule has 35 heavy (non-hydrogen) atoms. The summed E-state index contributed by atoms with van der Waals surface area (Å²) in [4.78, 5) is 38.2. The first kappa shape index (κ1) is 28.2. The average molecular weight is 503 g/mol. The van der Waals surface area contributed by atoms with Gasteiger partial charge >= 0.3 is 12.1 Å². The van der Waals surface area contributed by atoms with Crippen LogP contribution in [0, 0.1) is 5.92 Å². The lowest BCUT2D eigenvalue weighted by Crippen LogP contribution is -2.54. The molecule has 1 aromatic carbocycles. The first-order valence-electron chi connectivity index (χ1n) is 11.5. The molecule has 2 rings (SSSR count). The maximum absolute atomic E-state index is 12.9. The molecular weight excluding hydrogens is 468 g/mol. The van der Waals surface area contributed by atoms with Gasteiger partial charge in [-0.2, -0.15) is 0 Å². The van der Waals surface area contributed by atoms with Crippen LogP contribution < -0.4 is 10.6 Å². The summed E-state index contributed by atoms with van der Waals surface area (Å²) in [6.07, 6.45) is 2.34. The van der Waals surface area contributed by atoms with Gasteiger partial charge in [-0.05, 0) is 36.8 Å². The lowest BCUT2D eigenvalue weighted by Gasteiger charge is -2.27. The van der Waals surface area contributed by atoms with E-state index in [9.17, 15) is 19.5 Å². The number of allylic oxidation sites excluding steroid dienone is 3. The van der Waals surface area contributed by atoms with Crippen molar-refractivity contribution < 1.29 is 29.0 Å². The average Bonchev–Trinajstić information content (AvgIpc) is 2.82. The molecule has 1 aromatic rings. The van der Waals surface area contributed by atoms with Crippen molar-refractivity contribution in [2.24, 2.45) is 5.92 Å². The summed E-state index contributed by atoms with van der Waals surface area (Å²) >= 11 is 5.47. The second-order valence-electron chi connectivity index (χ2n) is 8.98. The van der Waals surface area contributed by atoms with Crippen LogP contribution in [0.4, 0.5) is 4.79 Å². The fourth-order valence-electron chi connectivity index (χ4n) is 3.61. The number of ether oxygens (including phenoxy) is 2. The van der Waals surface area contributed by atoms with Gasteiger partial charge in [-0.15, -0.1) is 0 Å². The number of amides is 2. The van der Waals surface area contributed by atoms with E-state index in [0.29, 0.717) is 17.7 Å². The van der Waals surface area contributed by atoms with Crippen molar-refractivity contribution in [3.63, 3.8) is 0 Å². The normalized spacial score (nSPS) is 15.9. The molecule has 3 N–H and O–H groups in total. The van der Waals surface area contributed by atoms with Crippen molar-refractivity contribution in [3.8, 4) is 0 Å². The summed E-state index contributed by atoms with van der Waals surface area (Å²) in [7, 11) is 1.23. The predicted octanol–water partition coefficient (Wildman–Crippen LogP) is 3.38. The fourth-order valence-corrected chi connectivity index (χ4v) is 3.98. The third-order valence-electron chi connectivity index (χ3n) is 5.48. The van der Waals surface area contributed by atoms with Gasteiger partial charge in [-0.3, -0.25) is 4.79 Å².